The van der Waals surface area contributed by atoms with Gasteiger partial charge in [0.2, 0.25) is 5.75 Å². The zero-order valence-electron chi connectivity index (χ0n) is 23.1. The number of carbonyl (C=O) groups excluding carboxylic acids is 1. The Bertz CT molecular complexity index is 1500. The second kappa shape index (κ2) is 11.0. The molecule has 0 unspecified atom stereocenters. The van der Waals surface area contributed by atoms with Gasteiger partial charge in [-0.25, -0.2) is 15.0 Å². The van der Waals surface area contributed by atoms with Crippen molar-refractivity contribution in [2.24, 2.45) is 0 Å². The molecule has 208 valence electrons. The van der Waals surface area contributed by atoms with Gasteiger partial charge in [-0.2, -0.15) is 0 Å². The molecule has 2 aliphatic carbocycles. The van der Waals surface area contributed by atoms with Crippen LogP contribution in [-0.2, 0) is 0 Å². The summed E-state index contributed by atoms with van der Waals surface area (Å²) < 4.78 is 18.8. The number of benzene rings is 2. The van der Waals surface area contributed by atoms with Crippen LogP contribution >= 0.6 is 0 Å². The van der Waals surface area contributed by atoms with Gasteiger partial charge >= 0.3 is 0 Å². The van der Waals surface area contributed by atoms with Crippen LogP contribution in [0.1, 0.15) is 61.3 Å². The number of aromatic nitrogens is 4. The first-order chi connectivity index (χ1) is 19.6. The monoisotopic (exact) mass is 542 g/mol. The largest absolute Gasteiger partial charge is 0.493 e. The van der Waals surface area contributed by atoms with Crippen LogP contribution in [0.5, 0.6) is 17.2 Å². The Morgan fingerprint density at radius 2 is 1.60 bits per heavy atom. The summed E-state index contributed by atoms with van der Waals surface area (Å²) in [6.07, 6.45) is 9.84. The molecule has 0 bridgehead atoms. The number of hydrogen-bond donors (Lipinski definition) is 2. The highest BCUT2D eigenvalue weighted by Crippen LogP contribution is 2.41. The van der Waals surface area contributed by atoms with Gasteiger partial charge in [-0.05, 0) is 37.8 Å². The molecule has 2 heterocycles. The van der Waals surface area contributed by atoms with Crippen molar-refractivity contribution in [3.8, 4) is 28.6 Å². The van der Waals surface area contributed by atoms with Gasteiger partial charge in [0, 0.05) is 41.0 Å². The number of amides is 1. The summed E-state index contributed by atoms with van der Waals surface area (Å²) in [7, 11) is 4.75. The highest BCUT2D eigenvalue weighted by Gasteiger charge is 2.25. The van der Waals surface area contributed by atoms with E-state index in [-0.39, 0.29) is 5.91 Å². The highest BCUT2D eigenvalue weighted by molar-refractivity contribution is 5.95. The Morgan fingerprint density at radius 1 is 0.900 bits per heavy atom. The van der Waals surface area contributed by atoms with Gasteiger partial charge in [-0.1, -0.05) is 31.4 Å². The summed E-state index contributed by atoms with van der Waals surface area (Å²) in [5, 5.41) is 6.46. The van der Waals surface area contributed by atoms with E-state index in [1.807, 2.05) is 42.7 Å². The molecule has 2 aromatic heterocycles. The van der Waals surface area contributed by atoms with E-state index in [0.717, 1.165) is 36.9 Å². The maximum absolute atomic E-state index is 12.5. The zero-order valence-corrected chi connectivity index (χ0v) is 23.1. The fourth-order valence-corrected chi connectivity index (χ4v) is 5.32. The number of anilines is 2. The van der Waals surface area contributed by atoms with Crippen molar-refractivity contribution in [1.29, 1.82) is 0 Å². The Balaban J connectivity index is 1.41. The van der Waals surface area contributed by atoms with Gasteiger partial charge in [-0.15, -0.1) is 0 Å². The minimum atomic E-state index is -0.0504. The van der Waals surface area contributed by atoms with Gasteiger partial charge < -0.3 is 29.4 Å². The third kappa shape index (κ3) is 5.13. The smallest absolute Gasteiger partial charge is 0.251 e. The van der Waals surface area contributed by atoms with Gasteiger partial charge in [0.1, 0.15) is 0 Å². The molecule has 1 amide bonds. The van der Waals surface area contributed by atoms with Gasteiger partial charge in [-0.3, -0.25) is 4.79 Å². The normalized spacial score (nSPS) is 15.6. The van der Waals surface area contributed by atoms with E-state index in [9.17, 15) is 4.79 Å². The molecule has 4 aromatic rings. The number of nitrogens with zero attached hydrogens (tertiary/aromatic N) is 4. The summed E-state index contributed by atoms with van der Waals surface area (Å²) in [5.41, 5.74) is 3.61. The second-order valence-electron chi connectivity index (χ2n) is 10.4. The van der Waals surface area contributed by atoms with Crippen LogP contribution in [0.15, 0.2) is 42.7 Å². The molecule has 6 rings (SSSR count). The molecule has 40 heavy (non-hydrogen) atoms. The van der Waals surface area contributed by atoms with E-state index < -0.39 is 0 Å². The van der Waals surface area contributed by atoms with Crippen LogP contribution in [0.4, 0.5) is 11.5 Å². The van der Waals surface area contributed by atoms with Gasteiger partial charge in [0.15, 0.2) is 34.3 Å². The number of hydrogen-bond acceptors (Lipinski definition) is 8. The van der Waals surface area contributed by atoms with Crippen molar-refractivity contribution in [1.82, 2.24) is 24.8 Å². The maximum Gasteiger partial charge on any atom is 0.251 e. The summed E-state index contributed by atoms with van der Waals surface area (Å²) in [4.78, 5) is 27.2. The van der Waals surface area contributed by atoms with Crippen molar-refractivity contribution in [2.75, 3.05) is 26.6 Å². The number of carbonyl (C=O) groups is 1. The highest BCUT2D eigenvalue weighted by atomic mass is 16.5. The molecule has 0 aliphatic heterocycles. The molecule has 2 N–H and O–H groups in total. The quantitative estimate of drug-likeness (QED) is 0.279. The van der Waals surface area contributed by atoms with Crippen LogP contribution in [0.25, 0.3) is 22.6 Å². The molecule has 2 aliphatic rings. The standard InChI is InChI=1S/C30H34N6O4/c1-38-23-15-21(16-24(39-2)26(23)40-3)32-28-25-29(36(17-31-25)22-7-5-4-6-8-22)35-27(34-28)18-9-11-19(12-10-18)30(37)33-20-13-14-20/h9-12,15-17,20,22H,4-8,13-14H2,1-3H3,(H,33,37)(H,32,34,35). The van der Waals surface area contributed by atoms with E-state index in [0.29, 0.717) is 57.7 Å². The van der Waals surface area contributed by atoms with Crippen molar-refractivity contribution < 1.29 is 19.0 Å². The van der Waals surface area contributed by atoms with E-state index in [1.54, 1.807) is 21.3 Å². The topological polar surface area (TPSA) is 112 Å². The third-order valence-corrected chi connectivity index (χ3v) is 7.63. The van der Waals surface area contributed by atoms with Crippen molar-refractivity contribution >= 4 is 28.6 Å². The summed E-state index contributed by atoms with van der Waals surface area (Å²) in [6.45, 7) is 0. The van der Waals surface area contributed by atoms with Crippen molar-refractivity contribution in [2.45, 2.75) is 57.0 Å². The summed E-state index contributed by atoms with van der Waals surface area (Å²) >= 11 is 0. The van der Waals surface area contributed by atoms with E-state index in [1.165, 1.54) is 19.3 Å². The number of fused-ring (bicyclic) bond motifs is 1. The lowest BCUT2D eigenvalue weighted by molar-refractivity contribution is 0.0951. The molecule has 0 radical (unpaired) electrons. The fraction of sp³-hybridized carbons (Fsp3) is 0.400. The number of imidazole rings is 1. The average Bonchev–Trinajstić information content (AvgIpc) is 3.71. The molecular formula is C30H34N6O4. The minimum Gasteiger partial charge on any atom is -0.493 e. The number of ether oxygens (including phenoxy) is 3. The van der Waals surface area contributed by atoms with Crippen LogP contribution in [-0.4, -0.2) is 52.8 Å². The van der Waals surface area contributed by atoms with Crippen LogP contribution in [0.3, 0.4) is 0 Å². The first kappa shape index (κ1) is 25.9. The molecule has 0 saturated heterocycles. The SMILES string of the molecule is COc1cc(Nc2nc(-c3ccc(C(=O)NC4CC4)cc3)nc3c2ncn3C2CCCCC2)cc(OC)c1OC. The molecule has 10 nitrogen and oxygen atoms in total. The molecule has 2 aromatic carbocycles. The van der Waals surface area contributed by atoms with Crippen molar-refractivity contribution in [3.63, 3.8) is 0 Å². The first-order valence-corrected chi connectivity index (χ1v) is 13.8. The van der Waals surface area contributed by atoms with Crippen LogP contribution in [0, 0.1) is 0 Å². The molecule has 2 saturated carbocycles. The summed E-state index contributed by atoms with van der Waals surface area (Å²) in [6, 6.07) is 11.8. The maximum atomic E-state index is 12.5. The number of methoxy groups -OCH3 is 3. The predicted molar refractivity (Wildman–Crippen MR) is 153 cm³/mol. The van der Waals surface area contributed by atoms with E-state index in [2.05, 4.69) is 15.2 Å². The second-order valence-corrected chi connectivity index (χ2v) is 10.4. The van der Waals surface area contributed by atoms with Gasteiger partial charge in [0.05, 0.1) is 27.7 Å². The molecule has 0 atom stereocenters. The Morgan fingerprint density at radius 3 is 2.23 bits per heavy atom. The van der Waals surface area contributed by atoms with Crippen molar-refractivity contribution in [3.05, 3.63) is 48.3 Å². The lowest BCUT2D eigenvalue weighted by atomic mass is 9.95. The molecule has 2 fully saturated rings. The lowest BCUT2D eigenvalue weighted by Gasteiger charge is -2.23. The predicted octanol–water partition coefficient (Wildman–Crippen LogP) is 5.66. The zero-order chi connectivity index (χ0) is 27.6. The fourth-order valence-electron chi connectivity index (χ4n) is 5.32. The molecule has 10 heteroatoms. The average molecular weight is 543 g/mol. The van der Waals surface area contributed by atoms with E-state index >= 15 is 0 Å². The molecule has 0 spiro atoms. The Hall–Kier alpha value is -4.34. The van der Waals surface area contributed by atoms with Crippen LogP contribution < -0.4 is 24.8 Å². The lowest BCUT2D eigenvalue weighted by Crippen LogP contribution is -2.25. The van der Waals surface area contributed by atoms with E-state index in [4.69, 9.17) is 29.2 Å². The number of nitrogens with one attached hydrogen (secondary N) is 2. The van der Waals surface area contributed by atoms with Crippen LogP contribution in [0.2, 0.25) is 0 Å². The summed E-state index contributed by atoms with van der Waals surface area (Å²) in [5.74, 6) is 2.64. The third-order valence-electron chi connectivity index (χ3n) is 7.63. The number of rotatable bonds is 9. The first-order valence-electron chi connectivity index (χ1n) is 13.8. The Labute approximate surface area is 233 Å². The minimum absolute atomic E-state index is 0.0504. The Kier molecular flexibility index (Phi) is 7.15. The van der Waals surface area contributed by atoms with Gasteiger partial charge in [0.25, 0.3) is 5.91 Å². The molecular weight excluding hydrogens is 508 g/mol.